The average molecular weight is 331 g/mol. The molecule has 23 heavy (non-hydrogen) atoms. The van der Waals surface area contributed by atoms with E-state index in [1.54, 1.807) is 27.7 Å². The smallest absolute Gasteiger partial charge is 0.451 e. The van der Waals surface area contributed by atoms with Crippen LogP contribution in [0.15, 0.2) is 0 Å². The topological polar surface area (TPSA) is 120 Å². The quantitative estimate of drug-likeness (QED) is 0.431. The molecule has 0 heterocycles. The highest BCUT2D eigenvalue weighted by atomic mass is 16.8. The van der Waals surface area contributed by atoms with Crippen LogP contribution in [0.25, 0.3) is 0 Å². The Kier molecular flexibility index (Phi) is 8.67. The molecule has 0 bridgehead atoms. The van der Waals surface area contributed by atoms with E-state index in [2.05, 4.69) is 0 Å². The molecule has 9 nitrogen and oxygen atoms in total. The highest BCUT2D eigenvalue weighted by molar-refractivity contribution is 5.94. The number of ether oxygens (including phenoxy) is 1. The SMILES string of the molecule is CCCOC(=O)N(OC(=O)C(C)C)C(=N)N(C)C(CC)C(=O)O. The van der Waals surface area contributed by atoms with Crippen molar-refractivity contribution in [3.8, 4) is 0 Å². The summed E-state index contributed by atoms with van der Waals surface area (Å²) in [5.41, 5.74) is 0. The lowest BCUT2D eigenvalue weighted by atomic mass is 10.2. The van der Waals surface area contributed by atoms with Crippen LogP contribution in [0.4, 0.5) is 4.79 Å². The molecule has 0 aromatic heterocycles. The Morgan fingerprint density at radius 2 is 1.78 bits per heavy atom. The molecule has 0 aliphatic heterocycles. The molecule has 0 radical (unpaired) electrons. The second kappa shape index (κ2) is 9.65. The Morgan fingerprint density at radius 3 is 2.17 bits per heavy atom. The van der Waals surface area contributed by atoms with Crippen LogP contribution in [0.2, 0.25) is 0 Å². The summed E-state index contributed by atoms with van der Waals surface area (Å²) in [5.74, 6) is -3.01. The predicted molar refractivity (Wildman–Crippen MR) is 81.6 cm³/mol. The molecule has 1 amide bonds. The molecule has 0 rings (SSSR count). The predicted octanol–water partition coefficient (Wildman–Crippen LogP) is 1.68. The summed E-state index contributed by atoms with van der Waals surface area (Å²) >= 11 is 0. The number of rotatable bonds is 6. The molecule has 0 spiro atoms. The van der Waals surface area contributed by atoms with Crippen molar-refractivity contribution in [3.63, 3.8) is 0 Å². The zero-order chi connectivity index (χ0) is 18.2. The highest BCUT2D eigenvalue weighted by Crippen LogP contribution is 2.10. The van der Waals surface area contributed by atoms with Crippen molar-refractivity contribution in [2.24, 2.45) is 5.92 Å². The number of hydrogen-bond donors (Lipinski definition) is 2. The van der Waals surface area contributed by atoms with E-state index in [0.717, 1.165) is 4.90 Å². The maximum absolute atomic E-state index is 12.0. The molecule has 0 aromatic rings. The summed E-state index contributed by atoms with van der Waals surface area (Å²) in [7, 11) is 1.33. The molecule has 1 unspecified atom stereocenters. The van der Waals surface area contributed by atoms with Gasteiger partial charge in [-0.05, 0) is 12.8 Å². The largest absolute Gasteiger partial charge is 0.480 e. The van der Waals surface area contributed by atoms with Crippen molar-refractivity contribution in [1.82, 2.24) is 9.96 Å². The number of guanidine groups is 1. The molecular weight excluding hydrogens is 306 g/mol. The molecule has 0 fully saturated rings. The lowest BCUT2D eigenvalue weighted by Crippen LogP contribution is -2.52. The standard InChI is InChI=1S/C14H25N3O6/c1-6-8-22-14(21)17(23-12(20)9(3)4)13(15)16(5)10(7-2)11(18)19/h9-10,15H,6-8H2,1-5H3,(H,18,19). The van der Waals surface area contributed by atoms with Crippen LogP contribution < -0.4 is 0 Å². The van der Waals surface area contributed by atoms with Crippen LogP contribution in [0.5, 0.6) is 0 Å². The van der Waals surface area contributed by atoms with Gasteiger partial charge in [-0.3, -0.25) is 5.41 Å². The van der Waals surface area contributed by atoms with Crippen molar-refractivity contribution in [3.05, 3.63) is 0 Å². The van der Waals surface area contributed by atoms with Crippen LogP contribution in [0, 0.1) is 11.3 Å². The summed E-state index contributed by atoms with van der Waals surface area (Å²) in [5, 5.41) is 17.5. The van der Waals surface area contributed by atoms with Crippen molar-refractivity contribution < 1.29 is 29.1 Å². The van der Waals surface area contributed by atoms with Crippen LogP contribution >= 0.6 is 0 Å². The van der Waals surface area contributed by atoms with Gasteiger partial charge in [0.1, 0.15) is 6.04 Å². The second-order valence-electron chi connectivity index (χ2n) is 5.17. The number of carboxylic acids is 1. The minimum Gasteiger partial charge on any atom is -0.480 e. The molecule has 2 N–H and O–H groups in total. The minimum atomic E-state index is -1.16. The maximum atomic E-state index is 12.0. The molecule has 0 saturated carbocycles. The van der Waals surface area contributed by atoms with Gasteiger partial charge in [-0.1, -0.05) is 32.8 Å². The van der Waals surface area contributed by atoms with E-state index in [1.807, 2.05) is 0 Å². The number of aliphatic carboxylic acids is 1. The van der Waals surface area contributed by atoms with E-state index < -0.39 is 36.0 Å². The van der Waals surface area contributed by atoms with Gasteiger partial charge in [0.25, 0.3) is 0 Å². The molecule has 132 valence electrons. The molecule has 0 aliphatic carbocycles. The number of nitrogens with one attached hydrogen (secondary N) is 1. The van der Waals surface area contributed by atoms with Gasteiger partial charge in [-0.25, -0.2) is 14.4 Å². The number of hydroxylamine groups is 2. The second-order valence-corrected chi connectivity index (χ2v) is 5.17. The number of carbonyl (C=O) groups excluding carboxylic acids is 2. The van der Waals surface area contributed by atoms with Gasteiger partial charge >= 0.3 is 18.0 Å². The van der Waals surface area contributed by atoms with E-state index in [9.17, 15) is 14.4 Å². The van der Waals surface area contributed by atoms with Crippen LogP contribution in [-0.4, -0.2) is 58.8 Å². The third kappa shape index (κ3) is 6.13. The summed E-state index contributed by atoms with van der Waals surface area (Å²) in [6.07, 6.45) is -0.296. The van der Waals surface area contributed by atoms with Gasteiger partial charge < -0.3 is 19.6 Å². The molecule has 1 atom stereocenters. The van der Waals surface area contributed by atoms with Crippen molar-refractivity contribution >= 4 is 24.0 Å². The fraction of sp³-hybridized carbons (Fsp3) is 0.714. The number of likely N-dealkylation sites (N-methyl/N-ethyl adjacent to an activating group) is 1. The van der Waals surface area contributed by atoms with Gasteiger partial charge in [-0.2, -0.15) is 0 Å². The van der Waals surface area contributed by atoms with Crippen LogP contribution in [0.3, 0.4) is 0 Å². The first-order valence-corrected chi connectivity index (χ1v) is 7.40. The Balaban J connectivity index is 5.31. The molecule has 9 heteroatoms. The lowest BCUT2D eigenvalue weighted by Gasteiger charge is -2.30. The Labute approximate surface area is 135 Å². The fourth-order valence-corrected chi connectivity index (χ4v) is 1.52. The Bertz CT molecular complexity index is 452. The van der Waals surface area contributed by atoms with Crippen molar-refractivity contribution in [2.75, 3.05) is 13.7 Å². The van der Waals surface area contributed by atoms with Crippen LogP contribution in [0.1, 0.15) is 40.5 Å². The van der Waals surface area contributed by atoms with Gasteiger partial charge in [-0.15, -0.1) is 0 Å². The first-order valence-electron chi connectivity index (χ1n) is 7.40. The fourth-order valence-electron chi connectivity index (χ4n) is 1.52. The maximum Gasteiger partial charge on any atom is 0.451 e. The zero-order valence-corrected chi connectivity index (χ0v) is 14.2. The summed E-state index contributed by atoms with van der Waals surface area (Å²) < 4.78 is 4.87. The van der Waals surface area contributed by atoms with E-state index in [4.69, 9.17) is 20.1 Å². The monoisotopic (exact) mass is 331 g/mol. The normalized spacial score (nSPS) is 11.6. The molecular formula is C14H25N3O6. The lowest BCUT2D eigenvalue weighted by molar-refractivity contribution is -0.173. The first kappa shape index (κ1) is 20.7. The van der Waals surface area contributed by atoms with Gasteiger partial charge in [0.2, 0.25) is 5.96 Å². The van der Waals surface area contributed by atoms with Crippen LogP contribution in [-0.2, 0) is 19.2 Å². The first-order chi connectivity index (χ1) is 10.7. The summed E-state index contributed by atoms with van der Waals surface area (Å²) in [4.78, 5) is 40.8. The van der Waals surface area contributed by atoms with E-state index in [-0.39, 0.29) is 13.0 Å². The number of nitrogens with zero attached hydrogens (tertiary/aromatic N) is 2. The Morgan fingerprint density at radius 1 is 1.22 bits per heavy atom. The number of carboxylic acid groups (broad SMARTS) is 1. The number of amides is 1. The summed E-state index contributed by atoms with van der Waals surface area (Å²) in [6.45, 7) is 6.63. The number of carbonyl (C=O) groups is 3. The van der Waals surface area contributed by atoms with Gasteiger partial charge in [0, 0.05) is 7.05 Å². The van der Waals surface area contributed by atoms with E-state index in [1.165, 1.54) is 7.05 Å². The molecule has 0 aromatic carbocycles. The van der Waals surface area contributed by atoms with E-state index in [0.29, 0.717) is 11.5 Å². The zero-order valence-electron chi connectivity index (χ0n) is 14.2. The van der Waals surface area contributed by atoms with Crippen molar-refractivity contribution in [2.45, 2.75) is 46.6 Å². The third-order valence-corrected chi connectivity index (χ3v) is 2.91. The molecule has 0 saturated heterocycles. The highest BCUT2D eigenvalue weighted by Gasteiger charge is 2.33. The molecule has 0 aliphatic rings. The average Bonchev–Trinajstić information content (AvgIpc) is 2.49. The third-order valence-electron chi connectivity index (χ3n) is 2.91. The van der Waals surface area contributed by atoms with E-state index >= 15 is 0 Å². The minimum absolute atomic E-state index is 0.0850. The van der Waals surface area contributed by atoms with Crippen molar-refractivity contribution in [1.29, 1.82) is 5.41 Å². The number of hydrogen-bond acceptors (Lipinski definition) is 6. The summed E-state index contributed by atoms with van der Waals surface area (Å²) in [6, 6.07) is -1.04. The Hall–Kier alpha value is -2.32. The van der Waals surface area contributed by atoms with Gasteiger partial charge in [0.15, 0.2) is 0 Å². The van der Waals surface area contributed by atoms with Gasteiger partial charge in [0.05, 0.1) is 12.5 Å².